The summed E-state index contributed by atoms with van der Waals surface area (Å²) < 4.78 is 5.04. The summed E-state index contributed by atoms with van der Waals surface area (Å²) in [5.41, 5.74) is 10.1. The van der Waals surface area contributed by atoms with E-state index in [1.54, 1.807) is 0 Å². The Hall–Kier alpha value is -2.75. The van der Waals surface area contributed by atoms with Gasteiger partial charge in [-0.15, -0.1) is 14.3 Å². The predicted octanol–water partition coefficient (Wildman–Crippen LogP) is 5.58. The Morgan fingerprint density at radius 1 is 1.00 bits per heavy atom. The molecule has 37 heavy (non-hydrogen) atoms. The van der Waals surface area contributed by atoms with Crippen molar-refractivity contribution in [2.24, 2.45) is 11.7 Å². The highest BCUT2D eigenvalue weighted by molar-refractivity contribution is 7.30. The molecule has 0 aliphatic rings. The summed E-state index contributed by atoms with van der Waals surface area (Å²) in [5.74, 6) is 2.22. The van der Waals surface area contributed by atoms with Crippen molar-refractivity contribution in [3.8, 4) is 5.75 Å². The number of nitrogens with zero attached hydrogens (tertiary/aromatic N) is 3. The smallest absolute Gasteiger partial charge is 0.159 e. The molecule has 1 aromatic heterocycles. The third-order valence-electron chi connectivity index (χ3n) is 6.10. The van der Waals surface area contributed by atoms with Crippen LogP contribution in [0.25, 0.3) is 10.9 Å². The van der Waals surface area contributed by atoms with E-state index in [0.29, 0.717) is 5.92 Å². The van der Waals surface area contributed by atoms with E-state index in [-0.39, 0.29) is 6.73 Å². The molecule has 1 unspecified atom stereocenters. The highest BCUT2D eigenvalue weighted by Gasteiger charge is 2.15. The molecule has 1 heterocycles. The lowest BCUT2D eigenvalue weighted by molar-refractivity contribution is 0.329. The van der Waals surface area contributed by atoms with Crippen molar-refractivity contribution in [2.45, 2.75) is 67.3 Å². The largest absolute Gasteiger partial charge is 0.479 e. The Balaban J connectivity index is 0.000000402. The standard InChI is InChI=1S/C23H34N3P.C8H11NO/c1-7-8-14-19-20(16(2)3)21(22(27)17(4)5)23(25-24-19)26(6)15-18-12-10-9-11-13-18;1-7-2-4-8(5-3-7)10-6-9/h9-13,17H,7-8,14-15,27H2,1-6H3;2-5H,6,9H2,1H3/b22-21-;. The fraction of sp³-hybridized carbons (Fsp3) is 0.419. The summed E-state index contributed by atoms with van der Waals surface area (Å²) in [5, 5.41) is 13.2. The van der Waals surface area contributed by atoms with E-state index in [0.717, 1.165) is 43.1 Å². The van der Waals surface area contributed by atoms with Gasteiger partial charge in [-0.1, -0.05) is 80.8 Å². The van der Waals surface area contributed by atoms with E-state index in [9.17, 15) is 0 Å². The van der Waals surface area contributed by atoms with Gasteiger partial charge in [-0.3, -0.25) is 5.73 Å². The first kappa shape index (κ1) is 30.5. The molecule has 2 N–H and O–H groups in total. The zero-order chi connectivity index (χ0) is 27.4. The molecule has 1 atom stereocenters. The molecule has 3 rings (SSSR count). The second-order valence-corrected chi connectivity index (χ2v) is 10.5. The summed E-state index contributed by atoms with van der Waals surface area (Å²) in [6.45, 7) is 14.2. The minimum Gasteiger partial charge on any atom is -0.479 e. The molecule has 0 fully saturated rings. The van der Waals surface area contributed by atoms with Crippen LogP contribution in [0.5, 0.6) is 5.75 Å². The van der Waals surface area contributed by atoms with E-state index < -0.39 is 0 Å². The summed E-state index contributed by atoms with van der Waals surface area (Å²) in [7, 11) is 5.09. The Morgan fingerprint density at radius 2 is 1.65 bits per heavy atom. The molecule has 0 saturated heterocycles. The maximum Gasteiger partial charge on any atom is 0.159 e. The fourth-order valence-electron chi connectivity index (χ4n) is 4.01. The topological polar surface area (TPSA) is 64.3 Å². The van der Waals surface area contributed by atoms with Gasteiger partial charge in [-0.25, -0.2) is 0 Å². The van der Waals surface area contributed by atoms with Gasteiger partial charge in [0.15, 0.2) is 5.82 Å². The zero-order valence-corrected chi connectivity index (χ0v) is 24.9. The van der Waals surface area contributed by atoms with Crippen molar-refractivity contribution in [1.29, 1.82) is 0 Å². The molecular formula is C31H45N4OP. The van der Waals surface area contributed by atoms with Crippen LogP contribution >= 0.6 is 9.24 Å². The second-order valence-electron chi connectivity index (χ2n) is 9.90. The average Bonchev–Trinajstić information content (AvgIpc) is 2.88. The van der Waals surface area contributed by atoms with Gasteiger partial charge >= 0.3 is 0 Å². The maximum atomic E-state index is 5.18. The van der Waals surface area contributed by atoms with E-state index >= 15 is 0 Å². The van der Waals surface area contributed by atoms with Gasteiger partial charge in [0, 0.05) is 24.0 Å². The number of ether oxygens (including phenoxy) is 1. The Labute approximate surface area is 226 Å². The van der Waals surface area contributed by atoms with Crippen molar-refractivity contribution >= 4 is 25.9 Å². The van der Waals surface area contributed by atoms with Gasteiger partial charge < -0.3 is 9.64 Å². The molecule has 2 aromatic carbocycles. The Bertz CT molecular complexity index is 1220. The quantitative estimate of drug-likeness (QED) is 0.295. The Kier molecular flexibility index (Phi) is 12.8. The number of benzene rings is 2. The molecule has 0 aliphatic carbocycles. The lowest BCUT2D eigenvalue weighted by atomic mass is 10.0. The number of hydrogen-bond acceptors (Lipinski definition) is 5. The van der Waals surface area contributed by atoms with Gasteiger partial charge in [0.2, 0.25) is 0 Å². The highest BCUT2D eigenvalue weighted by atomic mass is 31.0. The van der Waals surface area contributed by atoms with Crippen LogP contribution in [-0.2, 0) is 13.0 Å². The van der Waals surface area contributed by atoms with Crippen LogP contribution < -0.4 is 25.8 Å². The molecule has 5 nitrogen and oxygen atoms in total. The molecule has 0 radical (unpaired) electrons. The van der Waals surface area contributed by atoms with E-state index in [1.165, 1.54) is 32.5 Å². The zero-order valence-electron chi connectivity index (χ0n) is 23.7. The summed E-state index contributed by atoms with van der Waals surface area (Å²) in [6, 6.07) is 18.3. The maximum absolute atomic E-state index is 5.18. The van der Waals surface area contributed by atoms with Crippen LogP contribution in [0.1, 0.15) is 64.3 Å². The first-order valence-electron chi connectivity index (χ1n) is 13.2. The minimum atomic E-state index is 0.239. The number of aromatic nitrogens is 2. The van der Waals surface area contributed by atoms with Crippen LogP contribution in [0, 0.1) is 12.8 Å². The number of aryl methyl sites for hydroxylation is 2. The van der Waals surface area contributed by atoms with Gasteiger partial charge in [-0.2, -0.15) is 5.10 Å². The van der Waals surface area contributed by atoms with Gasteiger partial charge in [0.25, 0.3) is 0 Å². The van der Waals surface area contributed by atoms with Crippen LogP contribution in [0.2, 0.25) is 0 Å². The van der Waals surface area contributed by atoms with E-state index in [4.69, 9.17) is 15.6 Å². The molecule has 0 spiro atoms. The molecule has 0 saturated carbocycles. The number of hydrogen-bond donors (Lipinski definition) is 1. The highest BCUT2D eigenvalue weighted by Crippen LogP contribution is 2.19. The summed E-state index contributed by atoms with van der Waals surface area (Å²) in [4.78, 5) is 2.22. The van der Waals surface area contributed by atoms with Crippen molar-refractivity contribution in [2.75, 3.05) is 18.7 Å². The third-order valence-corrected chi connectivity index (χ3v) is 7.06. The fourth-order valence-corrected chi connectivity index (χ4v) is 4.29. The van der Waals surface area contributed by atoms with E-state index in [2.05, 4.69) is 91.2 Å². The molecule has 3 aromatic rings. The SMILES string of the molecule is CCCCc1nnc(N(C)Cc2ccccc2)/c(=C(\P)C(C)C)c1=C(C)C.Cc1ccc(OCN)cc1. The molecule has 200 valence electrons. The predicted molar refractivity (Wildman–Crippen MR) is 162 cm³/mol. The third kappa shape index (κ3) is 9.25. The van der Waals surface area contributed by atoms with Crippen LogP contribution in [0.15, 0.2) is 54.6 Å². The lowest BCUT2D eigenvalue weighted by Crippen LogP contribution is -2.40. The Morgan fingerprint density at radius 3 is 2.19 bits per heavy atom. The molecule has 6 heteroatoms. The van der Waals surface area contributed by atoms with Gasteiger partial charge in [0.05, 0.1) is 5.69 Å². The lowest BCUT2D eigenvalue weighted by Gasteiger charge is -2.21. The number of unbranched alkanes of at least 4 members (excludes halogenated alkanes) is 1. The van der Waals surface area contributed by atoms with Gasteiger partial charge in [0.1, 0.15) is 12.5 Å². The van der Waals surface area contributed by atoms with Crippen LogP contribution in [0.3, 0.4) is 0 Å². The van der Waals surface area contributed by atoms with Gasteiger partial charge in [-0.05, 0) is 62.5 Å². The van der Waals surface area contributed by atoms with Crippen molar-refractivity contribution in [3.05, 3.63) is 81.9 Å². The molecular weight excluding hydrogens is 475 g/mol. The monoisotopic (exact) mass is 520 g/mol. The summed E-state index contributed by atoms with van der Waals surface area (Å²) >= 11 is 0. The number of nitrogens with two attached hydrogens (primary N) is 1. The molecule has 0 amide bonds. The van der Waals surface area contributed by atoms with Crippen molar-refractivity contribution in [3.63, 3.8) is 0 Å². The van der Waals surface area contributed by atoms with Crippen LogP contribution in [-0.4, -0.2) is 24.0 Å². The molecule has 0 aliphatic heterocycles. The molecule has 0 bridgehead atoms. The number of rotatable bonds is 9. The number of anilines is 1. The van der Waals surface area contributed by atoms with Crippen LogP contribution in [0.4, 0.5) is 5.82 Å². The first-order valence-corrected chi connectivity index (χ1v) is 13.7. The van der Waals surface area contributed by atoms with Crippen molar-refractivity contribution < 1.29 is 4.74 Å². The summed E-state index contributed by atoms with van der Waals surface area (Å²) in [6.07, 6.45) is 3.29. The van der Waals surface area contributed by atoms with Crippen molar-refractivity contribution in [1.82, 2.24) is 10.2 Å². The van der Waals surface area contributed by atoms with E-state index in [1.807, 2.05) is 31.2 Å². The normalized spacial score (nSPS) is 11.5. The average molecular weight is 521 g/mol. The first-order chi connectivity index (χ1) is 17.7. The minimum absolute atomic E-state index is 0.239. The second kappa shape index (κ2) is 15.5.